The van der Waals surface area contributed by atoms with Crippen LogP contribution in [0.3, 0.4) is 0 Å². The Morgan fingerprint density at radius 2 is 1.69 bits per heavy atom. The van der Waals surface area contributed by atoms with E-state index in [4.69, 9.17) is 17.3 Å². The Kier molecular flexibility index (Phi) is 2.88. The van der Waals surface area contributed by atoms with Gasteiger partial charge in [0.15, 0.2) is 11.6 Å². The minimum atomic E-state index is -1.36. The second-order valence-electron chi connectivity index (χ2n) is 4.21. The summed E-state index contributed by atoms with van der Waals surface area (Å²) in [6.07, 6.45) is 2.83. The van der Waals surface area contributed by atoms with Crippen molar-refractivity contribution in [2.24, 2.45) is 5.73 Å². The molecule has 1 saturated carbocycles. The van der Waals surface area contributed by atoms with Crippen molar-refractivity contribution in [2.75, 3.05) is 0 Å². The second kappa shape index (κ2) is 3.93. The van der Waals surface area contributed by atoms with Crippen LogP contribution in [-0.4, -0.2) is 0 Å². The van der Waals surface area contributed by atoms with Crippen LogP contribution in [0.4, 0.5) is 13.2 Å². The first-order chi connectivity index (χ1) is 7.46. The third kappa shape index (κ3) is 1.70. The highest BCUT2D eigenvalue weighted by molar-refractivity contribution is 6.31. The van der Waals surface area contributed by atoms with E-state index in [1.807, 2.05) is 0 Å². The van der Waals surface area contributed by atoms with E-state index in [-0.39, 0.29) is 5.56 Å². The van der Waals surface area contributed by atoms with Crippen molar-refractivity contribution in [1.29, 1.82) is 0 Å². The number of benzene rings is 1. The highest BCUT2D eigenvalue weighted by Gasteiger charge is 2.35. The summed E-state index contributed by atoms with van der Waals surface area (Å²) in [5, 5.41) is -0.813. The molecule has 0 saturated heterocycles. The maximum absolute atomic E-state index is 13.7. The molecule has 1 aliphatic rings. The second-order valence-corrected chi connectivity index (χ2v) is 4.59. The van der Waals surface area contributed by atoms with Gasteiger partial charge in [-0.05, 0) is 18.9 Å². The molecule has 0 unspecified atom stereocenters. The van der Waals surface area contributed by atoms with Crippen LogP contribution in [0.1, 0.15) is 31.2 Å². The molecular formula is C11H11ClF3N. The van der Waals surface area contributed by atoms with Crippen molar-refractivity contribution < 1.29 is 13.2 Å². The van der Waals surface area contributed by atoms with Crippen LogP contribution in [0.2, 0.25) is 5.02 Å². The molecule has 2 N–H and O–H groups in total. The fourth-order valence-electron chi connectivity index (χ4n) is 2.21. The third-order valence-corrected chi connectivity index (χ3v) is 3.47. The van der Waals surface area contributed by atoms with Gasteiger partial charge in [0.05, 0.1) is 0 Å². The molecule has 0 spiro atoms. The van der Waals surface area contributed by atoms with Gasteiger partial charge in [-0.25, -0.2) is 13.2 Å². The maximum Gasteiger partial charge on any atom is 0.180 e. The molecule has 1 fully saturated rings. The number of hydrogen-bond donors (Lipinski definition) is 1. The van der Waals surface area contributed by atoms with Gasteiger partial charge in [0.2, 0.25) is 0 Å². The minimum Gasteiger partial charge on any atom is -0.321 e. The zero-order valence-electron chi connectivity index (χ0n) is 8.49. The Labute approximate surface area is 96.4 Å². The Bertz CT molecular complexity index is 428. The summed E-state index contributed by atoms with van der Waals surface area (Å²) in [5.41, 5.74) is 5.05. The lowest BCUT2D eigenvalue weighted by Crippen LogP contribution is -2.34. The van der Waals surface area contributed by atoms with Gasteiger partial charge in [-0.2, -0.15) is 0 Å². The van der Waals surface area contributed by atoms with Crippen LogP contribution in [0.25, 0.3) is 0 Å². The van der Waals surface area contributed by atoms with Crippen LogP contribution < -0.4 is 5.73 Å². The van der Waals surface area contributed by atoms with Crippen LogP contribution in [0.5, 0.6) is 0 Å². The van der Waals surface area contributed by atoms with E-state index in [1.165, 1.54) is 0 Å². The molecule has 5 heteroatoms. The van der Waals surface area contributed by atoms with E-state index in [2.05, 4.69) is 0 Å². The van der Waals surface area contributed by atoms with E-state index < -0.39 is 28.0 Å². The zero-order chi connectivity index (χ0) is 11.9. The zero-order valence-corrected chi connectivity index (χ0v) is 9.25. The predicted octanol–water partition coefficient (Wildman–Crippen LogP) is 3.49. The molecule has 1 nitrogen and oxygen atoms in total. The molecule has 0 radical (unpaired) electrons. The molecule has 2 rings (SSSR count). The smallest absolute Gasteiger partial charge is 0.180 e. The van der Waals surface area contributed by atoms with Crippen molar-refractivity contribution >= 4 is 11.6 Å². The Balaban J connectivity index is 2.57. The van der Waals surface area contributed by atoms with Crippen LogP contribution in [0.15, 0.2) is 6.07 Å². The van der Waals surface area contributed by atoms with E-state index in [0.29, 0.717) is 12.8 Å². The van der Waals surface area contributed by atoms with E-state index >= 15 is 0 Å². The summed E-state index contributed by atoms with van der Waals surface area (Å²) >= 11 is 5.38. The topological polar surface area (TPSA) is 26.0 Å². The predicted molar refractivity (Wildman–Crippen MR) is 55.7 cm³/mol. The molecule has 0 aliphatic heterocycles. The van der Waals surface area contributed by atoms with Gasteiger partial charge in [-0.1, -0.05) is 24.4 Å². The molecule has 1 aromatic carbocycles. The summed E-state index contributed by atoms with van der Waals surface area (Å²) < 4.78 is 39.9. The molecule has 0 atom stereocenters. The molecule has 16 heavy (non-hydrogen) atoms. The summed E-state index contributed by atoms with van der Waals surface area (Å²) in [4.78, 5) is 0. The van der Waals surface area contributed by atoms with E-state index in [1.54, 1.807) is 0 Å². The van der Waals surface area contributed by atoms with Crippen molar-refractivity contribution in [3.8, 4) is 0 Å². The molecule has 0 aromatic heterocycles. The van der Waals surface area contributed by atoms with Crippen LogP contribution in [0, 0.1) is 17.5 Å². The number of nitrogens with two attached hydrogens (primary N) is 1. The first kappa shape index (κ1) is 11.7. The fraction of sp³-hybridized carbons (Fsp3) is 0.455. The average molecular weight is 250 g/mol. The van der Waals surface area contributed by atoms with Gasteiger partial charge < -0.3 is 5.73 Å². The summed E-state index contributed by atoms with van der Waals surface area (Å²) in [6, 6.07) is 0.821. The highest BCUT2D eigenvalue weighted by atomic mass is 35.5. The van der Waals surface area contributed by atoms with Gasteiger partial charge in [0, 0.05) is 11.1 Å². The quantitative estimate of drug-likeness (QED) is 0.598. The van der Waals surface area contributed by atoms with E-state index in [0.717, 1.165) is 18.9 Å². The molecule has 88 valence electrons. The average Bonchev–Trinajstić information content (AvgIpc) is 2.68. The Morgan fingerprint density at radius 1 is 1.12 bits per heavy atom. The maximum atomic E-state index is 13.7. The fourth-order valence-corrected chi connectivity index (χ4v) is 2.40. The lowest BCUT2D eigenvalue weighted by Gasteiger charge is -2.25. The number of hydrogen-bond acceptors (Lipinski definition) is 1. The molecule has 1 aliphatic carbocycles. The number of rotatable bonds is 1. The normalized spacial score (nSPS) is 19.1. The summed E-state index contributed by atoms with van der Waals surface area (Å²) in [6.45, 7) is 0. The Morgan fingerprint density at radius 3 is 2.25 bits per heavy atom. The van der Waals surface area contributed by atoms with Gasteiger partial charge in [-0.15, -0.1) is 0 Å². The molecule has 0 heterocycles. The number of halogens is 4. The van der Waals surface area contributed by atoms with Crippen molar-refractivity contribution in [1.82, 2.24) is 0 Å². The van der Waals surface area contributed by atoms with E-state index in [9.17, 15) is 13.2 Å². The first-order valence-corrected chi connectivity index (χ1v) is 5.46. The van der Waals surface area contributed by atoms with Gasteiger partial charge >= 0.3 is 0 Å². The SMILES string of the molecule is NC1(c2cc(F)c(F)c(Cl)c2F)CCCC1. The first-order valence-electron chi connectivity index (χ1n) is 5.08. The largest absolute Gasteiger partial charge is 0.321 e. The lowest BCUT2D eigenvalue weighted by molar-refractivity contribution is 0.418. The molecule has 0 amide bonds. The van der Waals surface area contributed by atoms with Crippen LogP contribution >= 0.6 is 11.6 Å². The van der Waals surface area contributed by atoms with Gasteiger partial charge in [-0.3, -0.25) is 0 Å². The van der Waals surface area contributed by atoms with Crippen molar-refractivity contribution in [2.45, 2.75) is 31.2 Å². The lowest BCUT2D eigenvalue weighted by atomic mass is 9.89. The third-order valence-electron chi connectivity index (χ3n) is 3.13. The molecule has 1 aromatic rings. The molecular weight excluding hydrogens is 239 g/mol. The van der Waals surface area contributed by atoms with Gasteiger partial charge in [0.1, 0.15) is 10.8 Å². The van der Waals surface area contributed by atoms with Crippen LogP contribution in [-0.2, 0) is 5.54 Å². The minimum absolute atomic E-state index is 0.0195. The highest BCUT2D eigenvalue weighted by Crippen LogP contribution is 2.40. The standard InChI is InChI=1S/C11H11ClF3N/c12-8-9(14)6(5-7(13)10(8)15)11(16)3-1-2-4-11/h5H,1-4,16H2. The summed E-state index contributed by atoms with van der Waals surface area (Å²) in [7, 11) is 0. The van der Waals surface area contributed by atoms with Gasteiger partial charge in [0.25, 0.3) is 0 Å². The monoisotopic (exact) mass is 249 g/mol. The Hall–Kier alpha value is -0.740. The van der Waals surface area contributed by atoms with Crippen molar-refractivity contribution in [3.05, 3.63) is 34.1 Å². The van der Waals surface area contributed by atoms with Crippen molar-refractivity contribution in [3.63, 3.8) is 0 Å². The summed E-state index contributed by atoms with van der Waals surface area (Å²) in [5.74, 6) is -3.45. The molecule has 0 bridgehead atoms.